The number of methoxy groups -OCH3 is 1. The van der Waals surface area contributed by atoms with Crippen LogP contribution in [-0.4, -0.2) is 72.6 Å². The Bertz CT molecular complexity index is 1820. The number of sulfone groups is 1. The Kier molecular flexibility index (Phi) is 18.2. The molecule has 0 bridgehead atoms. The SMILES string of the molecule is COc1ccc(CO[C@H](/C=C/C(=O)O[C@H](C)CC[C@H](/C=C/C(=O)OCCS(=O)(=O)c2ccc(C)cc2)OCc2ccccc2)[C@@H](C)O[Si](C)(C)C(C)(C)C)cc1. The van der Waals surface area contributed by atoms with Gasteiger partial charge in [-0.25, -0.2) is 18.0 Å². The van der Waals surface area contributed by atoms with Crippen molar-refractivity contribution in [2.45, 2.75) is 115 Å². The van der Waals surface area contributed by atoms with Crippen molar-refractivity contribution in [3.8, 4) is 5.75 Å². The zero-order valence-corrected chi connectivity index (χ0v) is 36.2. The van der Waals surface area contributed by atoms with Crippen LogP contribution >= 0.6 is 0 Å². The third-order valence-corrected chi connectivity index (χ3v) is 15.9. The molecule has 0 N–H and O–H groups in total. The fourth-order valence-electron chi connectivity index (χ4n) is 5.20. The molecule has 12 heteroatoms. The highest BCUT2D eigenvalue weighted by molar-refractivity contribution is 7.91. The van der Waals surface area contributed by atoms with Gasteiger partial charge in [0.05, 0.1) is 49.3 Å². The zero-order valence-electron chi connectivity index (χ0n) is 34.4. The molecule has 3 aromatic rings. The van der Waals surface area contributed by atoms with Crippen LogP contribution in [-0.2, 0) is 56.0 Å². The predicted molar refractivity (Wildman–Crippen MR) is 222 cm³/mol. The Morgan fingerprint density at radius 3 is 2.02 bits per heavy atom. The Morgan fingerprint density at radius 1 is 0.786 bits per heavy atom. The lowest BCUT2D eigenvalue weighted by atomic mass is 10.1. The summed E-state index contributed by atoms with van der Waals surface area (Å²) in [6.45, 7) is 16.8. The summed E-state index contributed by atoms with van der Waals surface area (Å²) in [5, 5.41) is -0.0108. The van der Waals surface area contributed by atoms with Crippen molar-refractivity contribution >= 4 is 30.1 Å². The number of hydrogen-bond acceptors (Lipinski definition) is 10. The van der Waals surface area contributed by atoms with Gasteiger partial charge in [-0.05, 0) is 99.3 Å². The van der Waals surface area contributed by atoms with E-state index in [1.54, 1.807) is 50.5 Å². The van der Waals surface area contributed by atoms with Crippen molar-refractivity contribution < 1.29 is 46.1 Å². The molecule has 3 aromatic carbocycles. The number of ether oxygens (including phenoxy) is 5. The number of rotatable bonds is 22. The van der Waals surface area contributed by atoms with E-state index in [1.807, 2.05) is 68.4 Å². The van der Waals surface area contributed by atoms with Gasteiger partial charge < -0.3 is 28.1 Å². The lowest BCUT2D eigenvalue weighted by Crippen LogP contribution is -2.46. The summed E-state index contributed by atoms with van der Waals surface area (Å²) in [4.78, 5) is 25.8. The maximum absolute atomic E-state index is 13.1. The van der Waals surface area contributed by atoms with Gasteiger partial charge in [0.25, 0.3) is 0 Å². The molecule has 0 fully saturated rings. The van der Waals surface area contributed by atoms with Gasteiger partial charge in [0.2, 0.25) is 0 Å². The molecule has 0 aliphatic rings. The number of hydrogen-bond donors (Lipinski definition) is 0. The molecular weight excluding hydrogens is 749 g/mol. The molecule has 4 atom stereocenters. The molecule has 0 aliphatic carbocycles. The van der Waals surface area contributed by atoms with E-state index in [4.69, 9.17) is 28.1 Å². The molecule has 0 amide bonds. The fourth-order valence-corrected chi connectivity index (χ4v) is 7.71. The van der Waals surface area contributed by atoms with Crippen LogP contribution in [0.25, 0.3) is 0 Å². The summed E-state index contributed by atoms with van der Waals surface area (Å²) < 4.78 is 60.6. The molecular formula is C44H60O10SSi. The first-order valence-corrected chi connectivity index (χ1v) is 23.6. The molecule has 3 rings (SSSR count). The monoisotopic (exact) mass is 808 g/mol. The van der Waals surface area contributed by atoms with Crippen molar-refractivity contribution in [3.63, 3.8) is 0 Å². The molecule has 0 heterocycles. The lowest BCUT2D eigenvalue weighted by molar-refractivity contribution is -0.142. The fraction of sp³-hybridized carbons (Fsp3) is 0.455. The van der Waals surface area contributed by atoms with Gasteiger partial charge in [-0.15, -0.1) is 0 Å². The number of carbonyl (C=O) groups excluding carboxylic acids is 2. The minimum atomic E-state index is -3.60. The number of carbonyl (C=O) groups is 2. The number of esters is 2. The molecule has 306 valence electrons. The van der Waals surface area contributed by atoms with Gasteiger partial charge in [-0.3, -0.25) is 0 Å². The van der Waals surface area contributed by atoms with Crippen LogP contribution < -0.4 is 4.74 Å². The second-order valence-electron chi connectivity index (χ2n) is 15.4. The van der Waals surface area contributed by atoms with E-state index in [0.29, 0.717) is 26.1 Å². The van der Waals surface area contributed by atoms with E-state index in [2.05, 4.69) is 33.9 Å². The number of aryl methyl sites for hydroxylation is 1. The largest absolute Gasteiger partial charge is 0.497 e. The van der Waals surface area contributed by atoms with Gasteiger partial charge in [0.15, 0.2) is 18.2 Å². The first-order valence-electron chi connectivity index (χ1n) is 19.0. The van der Waals surface area contributed by atoms with E-state index in [9.17, 15) is 18.0 Å². The zero-order chi connectivity index (χ0) is 41.4. The maximum atomic E-state index is 13.1. The van der Waals surface area contributed by atoms with Gasteiger partial charge in [0.1, 0.15) is 18.5 Å². The molecule has 0 aromatic heterocycles. The van der Waals surface area contributed by atoms with E-state index >= 15 is 0 Å². The topological polar surface area (TPSA) is 124 Å². The van der Waals surface area contributed by atoms with Crippen LogP contribution in [0.3, 0.4) is 0 Å². The highest BCUT2D eigenvalue weighted by Crippen LogP contribution is 2.38. The smallest absolute Gasteiger partial charge is 0.330 e. The summed E-state index contributed by atoms with van der Waals surface area (Å²) in [5.41, 5.74) is 2.86. The van der Waals surface area contributed by atoms with Crippen molar-refractivity contribution in [1.82, 2.24) is 0 Å². The summed E-state index contributed by atoms with van der Waals surface area (Å²) in [7, 11) is -4.13. The minimum Gasteiger partial charge on any atom is -0.497 e. The molecule has 0 spiro atoms. The van der Waals surface area contributed by atoms with Gasteiger partial charge in [0, 0.05) is 12.2 Å². The van der Waals surface area contributed by atoms with E-state index in [0.717, 1.165) is 22.4 Å². The summed E-state index contributed by atoms with van der Waals surface area (Å²) in [6.07, 6.45) is 4.96. The van der Waals surface area contributed by atoms with Crippen molar-refractivity contribution in [1.29, 1.82) is 0 Å². The quantitative estimate of drug-likeness (QED) is 0.0553. The first kappa shape index (κ1) is 46.3. The van der Waals surface area contributed by atoms with Gasteiger partial charge >= 0.3 is 11.9 Å². The standard InChI is InChI=1S/C44H60O10SSi/c1-33-15-24-40(25-16-33)55(47,48)30-29-50-42(45)27-23-39(51-31-36-13-11-10-12-14-36)20-17-34(2)53-43(46)28-26-41(35(3)54-56(8,9)44(4,5)6)52-32-37-18-21-38(49-7)22-19-37/h10-16,18-19,21-28,34-35,39,41H,17,20,29-32H2,1-9H3/b27-23+,28-26+/t34-,35-,39-,41-/m1/s1. The van der Waals surface area contributed by atoms with E-state index in [1.165, 1.54) is 12.2 Å². The van der Waals surface area contributed by atoms with Crippen LogP contribution in [0.4, 0.5) is 0 Å². The lowest BCUT2D eigenvalue weighted by Gasteiger charge is -2.39. The first-order chi connectivity index (χ1) is 26.4. The van der Waals surface area contributed by atoms with Crippen LogP contribution in [0.2, 0.25) is 18.1 Å². The molecule has 10 nitrogen and oxygen atoms in total. The van der Waals surface area contributed by atoms with Crippen LogP contribution in [0, 0.1) is 6.92 Å². The normalized spacial score (nSPS) is 14.7. The van der Waals surface area contributed by atoms with E-state index < -0.39 is 48.4 Å². The molecule has 0 saturated carbocycles. The molecule has 0 radical (unpaired) electrons. The third kappa shape index (κ3) is 16.2. The molecule has 0 unspecified atom stereocenters. The van der Waals surface area contributed by atoms with Gasteiger partial charge in [-0.1, -0.05) is 80.9 Å². The Hall–Kier alpha value is -4.07. The van der Waals surface area contributed by atoms with Gasteiger partial charge in [-0.2, -0.15) is 0 Å². The van der Waals surface area contributed by atoms with E-state index in [-0.39, 0.29) is 28.4 Å². The van der Waals surface area contributed by atoms with Crippen LogP contribution in [0.15, 0.2) is 108 Å². The minimum absolute atomic E-state index is 0.0108. The average molecular weight is 809 g/mol. The maximum Gasteiger partial charge on any atom is 0.330 e. The third-order valence-electron chi connectivity index (χ3n) is 9.68. The predicted octanol–water partition coefficient (Wildman–Crippen LogP) is 8.73. The second kappa shape index (κ2) is 22.0. The highest BCUT2D eigenvalue weighted by Gasteiger charge is 2.39. The Morgan fingerprint density at radius 2 is 1.39 bits per heavy atom. The van der Waals surface area contributed by atoms with Crippen LogP contribution in [0.5, 0.6) is 5.75 Å². The summed E-state index contributed by atoms with van der Waals surface area (Å²) >= 11 is 0. The average Bonchev–Trinajstić information content (AvgIpc) is 3.14. The van der Waals surface area contributed by atoms with Crippen molar-refractivity contribution in [2.24, 2.45) is 0 Å². The molecule has 56 heavy (non-hydrogen) atoms. The summed E-state index contributed by atoms with van der Waals surface area (Å²) in [6, 6.07) is 23.8. The molecule has 0 saturated heterocycles. The number of benzene rings is 3. The van der Waals surface area contributed by atoms with Crippen molar-refractivity contribution in [2.75, 3.05) is 19.5 Å². The Balaban J connectivity index is 1.61. The van der Waals surface area contributed by atoms with Crippen molar-refractivity contribution in [3.05, 3.63) is 120 Å². The van der Waals surface area contributed by atoms with Crippen LogP contribution in [0.1, 0.15) is 64.2 Å². The summed E-state index contributed by atoms with van der Waals surface area (Å²) in [5.74, 6) is -0.781. The highest BCUT2D eigenvalue weighted by atomic mass is 32.2. The second-order valence-corrected chi connectivity index (χ2v) is 22.3. The Labute approximate surface area is 335 Å². The molecule has 0 aliphatic heterocycles.